The summed E-state index contributed by atoms with van der Waals surface area (Å²) in [6.07, 6.45) is -0.418. The molecule has 0 amide bonds. The van der Waals surface area contributed by atoms with Gasteiger partial charge >= 0.3 is 0 Å². The number of rotatable bonds is 7. The number of hydrogen-bond acceptors (Lipinski definition) is 3. The standard InChI is InChI=1S/C16H34O3Si/c1-11(2)15(19-20(7,8)9)12(3)13(17)10-14(18)16(4,5)6/h11-13,15,17H,10H2,1-9H3/t12-,13-,15-/m0/s1. The quantitative estimate of drug-likeness (QED) is 0.726. The zero-order valence-electron chi connectivity index (χ0n) is 14.8. The molecule has 0 rings (SSSR count). The Balaban J connectivity index is 4.82. The summed E-state index contributed by atoms with van der Waals surface area (Å²) >= 11 is 0. The molecule has 4 heteroatoms. The lowest BCUT2D eigenvalue weighted by molar-refractivity contribution is -0.129. The molecule has 0 aliphatic heterocycles. The predicted octanol–water partition coefficient (Wildman–Crippen LogP) is 3.86. The Labute approximate surface area is 126 Å². The lowest BCUT2D eigenvalue weighted by Gasteiger charge is -2.36. The molecule has 0 aromatic rings. The van der Waals surface area contributed by atoms with E-state index in [-0.39, 0.29) is 24.2 Å². The van der Waals surface area contributed by atoms with Crippen LogP contribution in [0.25, 0.3) is 0 Å². The second-order valence-electron chi connectivity index (χ2n) is 8.24. The summed E-state index contributed by atoms with van der Waals surface area (Å²) in [6, 6.07) is 0. The number of Topliss-reactive ketones (excluding diaryl/α,β-unsaturated/α-hetero) is 1. The predicted molar refractivity (Wildman–Crippen MR) is 87.3 cm³/mol. The number of aliphatic hydroxyl groups is 1. The van der Waals surface area contributed by atoms with E-state index in [1.54, 1.807) is 0 Å². The Morgan fingerprint density at radius 3 is 1.90 bits per heavy atom. The SMILES string of the molecule is CC(C)[C@H](O[Si](C)(C)C)[C@@H](C)[C@@H](O)CC(=O)C(C)(C)C. The molecule has 0 unspecified atom stereocenters. The molecule has 0 fully saturated rings. The zero-order chi connectivity index (χ0) is 16.3. The highest BCUT2D eigenvalue weighted by atomic mass is 28.4. The van der Waals surface area contributed by atoms with Crippen LogP contribution in [0.2, 0.25) is 19.6 Å². The lowest BCUT2D eigenvalue weighted by Crippen LogP contribution is -2.43. The van der Waals surface area contributed by atoms with Crippen LogP contribution in [-0.4, -0.2) is 31.4 Å². The first kappa shape index (κ1) is 19.8. The summed E-state index contributed by atoms with van der Waals surface area (Å²) in [6.45, 7) is 18.4. The number of aliphatic hydroxyl groups excluding tert-OH is 1. The largest absolute Gasteiger partial charge is 0.414 e. The van der Waals surface area contributed by atoms with Crippen molar-refractivity contribution in [2.45, 2.75) is 79.8 Å². The van der Waals surface area contributed by atoms with Crippen LogP contribution in [0.1, 0.15) is 48.0 Å². The van der Waals surface area contributed by atoms with Crippen LogP contribution in [0.15, 0.2) is 0 Å². The van der Waals surface area contributed by atoms with Crippen molar-refractivity contribution in [2.24, 2.45) is 17.3 Å². The molecule has 0 bridgehead atoms. The molecule has 0 aromatic heterocycles. The Hall–Kier alpha value is -0.193. The smallest absolute Gasteiger partial charge is 0.184 e. The van der Waals surface area contributed by atoms with E-state index < -0.39 is 19.8 Å². The second-order valence-corrected chi connectivity index (χ2v) is 12.7. The van der Waals surface area contributed by atoms with Crippen molar-refractivity contribution in [1.82, 2.24) is 0 Å². The van der Waals surface area contributed by atoms with Gasteiger partial charge in [-0.1, -0.05) is 41.5 Å². The molecule has 0 aromatic carbocycles. The van der Waals surface area contributed by atoms with Crippen LogP contribution in [-0.2, 0) is 9.22 Å². The van der Waals surface area contributed by atoms with Crippen molar-refractivity contribution in [1.29, 1.82) is 0 Å². The number of ketones is 1. The molecule has 20 heavy (non-hydrogen) atoms. The third kappa shape index (κ3) is 7.00. The molecule has 0 radical (unpaired) electrons. The van der Waals surface area contributed by atoms with Gasteiger partial charge in [0.2, 0.25) is 0 Å². The van der Waals surface area contributed by atoms with Crippen molar-refractivity contribution in [3.05, 3.63) is 0 Å². The Morgan fingerprint density at radius 1 is 1.15 bits per heavy atom. The van der Waals surface area contributed by atoms with Gasteiger partial charge < -0.3 is 9.53 Å². The number of carbonyl (C=O) groups is 1. The molecule has 0 heterocycles. The molecule has 120 valence electrons. The van der Waals surface area contributed by atoms with Gasteiger partial charge in [-0.2, -0.15) is 0 Å². The molecule has 3 atom stereocenters. The first-order valence-corrected chi connectivity index (χ1v) is 11.1. The lowest BCUT2D eigenvalue weighted by atomic mass is 9.82. The maximum atomic E-state index is 12.1. The zero-order valence-corrected chi connectivity index (χ0v) is 15.8. The normalized spacial score (nSPS) is 17.9. The van der Waals surface area contributed by atoms with Gasteiger partial charge in [0.15, 0.2) is 8.32 Å². The summed E-state index contributed by atoms with van der Waals surface area (Å²) in [5, 5.41) is 10.4. The summed E-state index contributed by atoms with van der Waals surface area (Å²) in [5.74, 6) is 0.400. The average molecular weight is 303 g/mol. The van der Waals surface area contributed by atoms with Crippen molar-refractivity contribution in [3.8, 4) is 0 Å². The van der Waals surface area contributed by atoms with Crippen LogP contribution in [0.3, 0.4) is 0 Å². The van der Waals surface area contributed by atoms with E-state index in [4.69, 9.17) is 4.43 Å². The van der Waals surface area contributed by atoms with Crippen LogP contribution in [0.5, 0.6) is 0 Å². The number of hydrogen-bond donors (Lipinski definition) is 1. The highest BCUT2D eigenvalue weighted by Crippen LogP contribution is 2.27. The molecule has 1 N–H and O–H groups in total. The minimum atomic E-state index is -1.66. The molecule has 0 saturated carbocycles. The van der Waals surface area contributed by atoms with Gasteiger partial charge in [-0.25, -0.2) is 0 Å². The van der Waals surface area contributed by atoms with Crippen molar-refractivity contribution in [3.63, 3.8) is 0 Å². The summed E-state index contributed by atoms with van der Waals surface area (Å²) < 4.78 is 6.22. The molecule has 0 aliphatic carbocycles. The first-order valence-electron chi connectivity index (χ1n) is 7.65. The van der Waals surface area contributed by atoms with Gasteiger partial charge in [0, 0.05) is 17.8 Å². The maximum Gasteiger partial charge on any atom is 0.184 e. The molecular weight excluding hydrogens is 268 g/mol. The van der Waals surface area contributed by atoms with E-state index in [1.807, 2.05) is 27.7 Å². The monoisotopic (exact) mass is 302 g/mol. The summed E-state index contributed by atoms with van der Waals surface area (Å²) in [7, 11) is -1.66. The third-order valence-electron chi connectivity index (χ3n) is 3.50. The Morgan fingerprint density at radius 2 is 1.60 bits per heavy atom. The van der Waals surface area contributed by atoms with Gasteiger partial charge in [0.05, 0.1) is 12.2 Å². The minimum Gasteiger partial charge on any atom is -0.414 e. The van der Waals surface area contributed by atoms with Gasteiger partial charge in [-0.3, -0.25) is 4.79 Å². The Bertz CT molecular complexity index is 313. The van der Waals surface area contributed by atoms with Crippen LogP contribution >= 0.6 is 0 Å². The van der Waals surface area contributed by atoms with E-state index in [1.165, 1.54) is 0 Å². The fourth-order valence-corrected chi connectivity index (χ4v) is 3.46. The molecule has 0 saturated heterocycles. The van der Waals surface area contributed by atoms with Crippen molar-refractivity contribution < 1.29 is 14.3 Å². The van der Waals surface area contributed by atoms with Crippen LogP contribution in [0, 0.1) is 17.3 Å². The van der Waals surface area contributed by atoms with Crippen LogP contribution in [0.4, 0.5) is 0 Å². The molecular formula is C16H34O3Si. The second kappa shape index (κ2) is 7.19. The molecule has 3 nitrogen and oxygen atoms in total. The van der Waals surface area contributed by atoms with Gasteiger partial charge in [0.1, 0.15) is 5.78 Å². The Kier molecular flexibility index (Phi) is 7.12. The highest BCUT2D eigenvalue weighted by molar-refractivity contribution is 6.69. The van der Waals surface area contributed by atoms with Crippen molar-refractivity contribution in [2.75, 3.05) is 0 Å². The van der Waals surface area contributed by atoms with Crippen molar-refractivity contribution >= 4 is 14.1 Å². The third-order valence-corrected chi connectivity index (χ3v) is 4.48. The topological polar surface area (TPSA) is 46.5 Å². The van der Waals surface area contributed by atoms with E-state index in [0.717, 1.165) is 0 Å². The van der Waals surface area contributed by atoms with E-state index >= 15 is 0 Å². The average Bonchev–Trinajstić information content (AvgIpc) is 2.21. The summed E-state index contributed by atoms with van der Waals surface area (Å²) in [5.41, 5.74) is -0.395. The fraction of sp³-hybridized carbons (Fsp3) is 0.938. The van der Waals surface area contributed by atoms with E-state index in [9.17, 15) is 9.90 Å². The number of carbonyl (C=O) groups excluding carboxylic acids is 1. The maximum absolute atomic E-state index is 12.1. The summed E-state index contributed by atoms with van der Waals surface area (Å²) in [4.78, 5) is 12.1. The van der Waals surface area contributed by atoms with E-state index in [0.29, 0.717) is 5.92 Å². The van der Waals surface area contributed by atoms with Crippen LogP contribution < -0.4 is 0 Å². The molecule has 0 spiro atoms. The first-order chi connectivity index (χ1) is 8.75. The van der Waals surface area contributed by atoms with E-state index in [2.05, 4.69) is 33.5 Å². The fourth-order valence-electron chi connectivity index (χ4n) is 2.16. The minimum absolute atomic E-state index is 0.00411. The molecule has 0 aliphatic rings. The van der Waals surface area contributed by atoms with Gasteiger partial charge in [0.25, 0.3) is 0 Å². The van der Waals surface area contributed by atoms with Gasteiger partial charge in [-0.05, 0) is 25.6 Å². The highest BCUT2D eigenvalue weighted by Gasteiger charge is 2.34. The van der Waals surface area contributed by atoms with Gasteiger partial charge in [-0.15, -0.1) is 0 Å².